The number of hydrogen-bond donors (Lipinski definition) is 0. The molecule has 3 rings (SSSR count). The van der Waals surface area contributed by atoms with Crippen LogP contribution in [0.25, 0.3) is 0 Å². The average Bonchev–Trinajstić information content (AvgIpc) is 2.72. The highest BCUT2D eigenvalue weighted by Crippen LogP contribution is 2.46. The lowest BCUT2D eigenvalue weighted by Gasteiger charge is -2.46. The van der Waals surface area contributed by atoms with Crippen molar-refractivity contribution in [3.05, 3.63) is 0 Å². The van der Waals surface area contributed by atoms with Crippen molar-refractivity contribution in [1.82, 2.24) is 9.80 Å². The first kappa shape index (κ1) is 24.1. The zero-order valence-electron chi connectivity index (χ0n) is 18.9. The molecular formula is C23H44N2O2. The number of ketones is 1. The molecule has 3 fully saturated rings. The molecule has 1 spiro atoms. The molecule has 1 aliphatic carbocycles. The average molecular weight is 381 g/mol. The summed E-state index contributed by atoms with van der Waals surface area (Å²) in [6.45, 7) is 13.7. The van der Waals surface area contributed by atoms with Gasteiger partial charge in [-0.3, -0.25) is 9.59 Å². The number of rotatable bonds is 2. The third-order valence-corrected chi connectivity index (χ3v) is 6.82. The number of carbonyl (C=O) groups is 2. The minimum absolute atomic E-state index is 0.258. The number of carbonyl (C=O) groups excluding carboxylic acids is 2. The first-order chi connectivity index (χ1) is 13.0. The molecule has 0 aromatic rings. The predicted octanol–water partition coefficient (Wildman–Crippen LogP) is 4.77. The Labute approximate surface area is 168 Å². The van der Waals surface area contributed by atoms with Crippen LogP contribution in [0.1, 0.15) is 86.0 Å². The number of nitrogens with zero attached hydrogens (tertiary/aromatic N) is 2. The van der Waals surface area contributed by atoms with Crippen molar-refractivity contribution in [2.45, 2.75) is 86.0 Å². The van der Waals surface area contributed by atoms with Crippen LogP contribution in [0.4, 0.5) is 0 Å². The van der Waals surface area contributed by atoms with E-state index >= 15 is 0 Å². The molecule has 0 atom stereocenters. The molecule has 0 unspecified atom stereocenters. The Bertz CT molecular complexity index is 437. The molecule has 4 heteroatoms. The SMILES string of the molecule is CC.CC.CC(=O)C1CCC2(CC1)CCN(C(=O)C1CCN(C)CC1)CC2. The quantitative estimate of drug-likeness (QED) is 0.693. The minimum Gasteiger partial charge on any atom is -0.342 e. The largest absolute Gasteiger partial charge is 0.342 e. The van der Waals surface area contributed by atoms with Crippen LogP contribution in [0.5, 0.6) is 0 Å². The number of likely N-dealkylation sites (tertiary alicyclic amines) is 2. The lowest BCUT2D eigenvalue weighted by atomic mass is 9.65. The van der Waals surface area contributed by atoms with E-state index in [1.165, 1.54) is 12.8 Å². The standard InChI is InChI=1S/C19H32N2O2.2C2H6/c1-15(22)16-3-7-19(8-4-16)9-13-21(14-10-19)18(23)17-5-11-20(2)12-6-17;2*1-2/h16-17H,3-14H2,1-2H3;2*1-2H3. The molecule has 0 aromatic carbocycles. The summed E-state index contributed by atoms with van der Waals surface area (Å²) in [6.07, 6.45) is 8.86. The third-order valence-electron chi connectivity index (χ3n) is 6.82. The zero-order valence-corrected chi connectivity index (χ0v) is 18.9. The predicted molar refractivity (Wildman–Crippen MR) is 114 cm³/mol. The van der Waals surface area contributed by atoms with E-state index in [1.54, 1.807) is 6.92 Å². The molecule has 3 aliphatic rings. The molecular weight excluding hydrogens is 336 g/mol. The van der Waals surface area contributed by atoms with E-state index in [0.717, 1.165) is 64.7 Å². The van der Waals surface area contributed by atoms with Crippen LogP contribution < -0.4 is 0 Å². The molecule has 1 amide bonds. The summed E-state index contributed by atoms with van der Waals surface area (Å²) >= 11 is 0. The molecule has 0 bridgehead atoms. The maximum absolute atomic E-state index is 12.7. The van der Waals surface area contributed by atoms with Gasteiger partial charge in [-0.15, -0.1) is 0 Å². The molecule has 1 saturated carbocycles. The second kappa shape index (κ2) is 11.8. The molecule has 2 aliphatic heterocycles. The molecule has 0 radical (unpaired) electrons. The van der Waals surface area contributed by atoms with Gasteiger partial charge in [0.25, 0.3) is 0 Å². The van der Waals surface area contributed by atoms with Crippen molar-refractivity contribution in [1.29, 1.82) is 0 Å². The summed E-state index contributed by atoms with van der Waals surface area (Å²) in [5.74, 6) is 1.34. The summed E-state index contributed by atoms with van der Waals surface area (Å²) in [5, 5.41) is 0. The van der Waals surface area contributed by atoms with E-state index in [0.29, 0.717) is 23.0 Å². The Morgan fingerprint density at radius 2 is 1.22 bits per heavy atom. The highest BCUT2D eigenvalue weighted by atomic mass is 16.2. The minimum atomic E-state index is 0.258. The van der Waals surface area contributed by atoms with Crippen LogP contribution in [0.15, 0.2) is 0 Å². The number of piperidine rings is 2. The maximum atomic E-state index is 12.7. The highest BCUT2D eigenvalue weighted by molar-refractivity contribution is 5.79. The van der Waals surface area contributed by atoms with E-state index in [9.17, 15) is 9.59 Å². The lowest BCUT2D eigenvalue weighted by Crippen LogP contribution is -2.48. The molecule has 0 aromatic heterocycles. The van der Waals surface area contributed by atoms with Crippen LogP contribution in [0, 0.1) is 17.3 Å². The van der Waals surface area contributed by atoms with Crippen LogP contribution in [0.3, 0.4) is 0 Å². The van der Waals surface area contributed by atoms with Gasteiger partial charge in [0.15, 0.2) is 0 Å². The van der Waals surface area contributed by atoms with Gasteiger partial charge in [0.2, 0.25) is 5.91 Å². The Morgan fingerprint density at radius 3 is 1.67 bits per heavy atom. The van der Waals surface area contributed by atoms with Gasteiger partial charge in [0, 0.05) is 24.9 Å². The van der Waals surface area contributed by atoms with Gasteiger partial charge in [0.05, 0.1) is 0 Å². The van der Waals surface area contributed by atoms with E-state index < -0.39 is 0 Å². The fourth-order valence-electron chi connectivity index (χ4n) is 4.85. The van der Waals surface area contributed by atoms with E-state index in [4.69, 9.17) is 0 Å². The highest BCUT2D eigenvalue weighted by Gasteiger charge is 2.40. The Hall–Kier alpha value is -0.900. The van der Waals surface area contributed by atoms with Gasteiger partial charge in [-0.05, 0) is 83.8 Å². The number of hydrogen-bond acceptors (Lipinski definition) is 3. The first-order valence-corrected chi connectivity index (χ1v) is 11.5. The van der Waals surface area contributed by atoms with Crippen LogP contribution in [0.2, 0.25) is 0 Å². The van der Waals surface area contributed by atoms with Crippen molar-refractivity contribution < 1.29 is 9.59 Å². The molecule has 27 heavy (non-hydrogen) atoms. The van der Waals surface area contributed by atoms with Crippen molar-refractivity contribution >= 4 is 11.7 Å². The van der Waals surface area contributed by atoms with E-state index in [-0.39, 0.29) is 5.92 Å². The maximum Gasteiger partial charge on any atom is 0.225 e. The number of Topliss-reactive ketones (excluding diaryl/α,β-unsaturated/α-hetero) is 1. The van der Waals surface area contributed by atoms with Gasteiger partial charge in [-0.25, -0.2) is 0 Å². The summed E-state index contributed by atoms with van der Waals surface area (Å²) in [7, 11) is 2.14. The lowest BCUT2D eigenvalue weighted by molar-refractivity contribution is -0.139. The van der Waals surface area contributed by atoms with Gasteiger partial charge in [-0.2, -0.15) is 0 Å². The Morgan fingerprint density at radius 1 is 0.741 bits per heavy atom. The zero-order chi connectivity index (χ0) is 20.4. The molecule has 2 saturated heterocycles. The number of amides is 1. The van der Waals surface area contributed by atoms with Crippen molar-refractivity contribution in [2.75, 3.05) is 33.2 Å². The van der Waals surface area contributed by atoms with E-state index in [1.807, 2.05) is 27.7 Å². The smallest absolute Gasteiger partial charge is 0.225 e. The van der Waals surface area contributed by atoms with Gasteiger partial charge in [-0.1, -0.05) is 27.7 Å². The normalized spacial score (nSPS) is 23.7. The Balaban J connectivity index is 0.000000855. The van der Waals surface area contributed by atoms with Crippen LogP contribution >= 0.6 is 0 Å². The van der Waals surface area contributed by atoms with Crippen LogP contribution in [-0.4, -0.2) is 54.7 Å². The van der Waals surface area contributed by atoms with Crippen LogP contribution in [-0.2, 0) is 9.59 Å². The molecule has 4 nitrogen and oxygen atoms in total. The second-order valence-electron chi connectivity index (χ2n) is 8.29. The summed E-state index contributed by atoms with van der Waals surface area (Å²) < 4.78 is 0. The second-order valence-corrected chi connectivity index (χ2v) is 8.29. The van der Waals surface area contributed by atoms with E-state index in [2.05, 4.69) is 16.8 Å². The van der Waals surface area contributed by atoms with Crippen molar-refractivity contribution in [3.63, 3.8) is 0 Å². The monoisotopic (exact) mass is 380 g/mol. The fraction of sp³-hybridized carbons (Fsp3) is 0.913. The molecule has 158 valence electrons. The summed E-state index contributed by atoms with van der Waals surface area (Å²) in [5.41, 5.74) is 0.426. The van der Waals surface area contributed by atoms with Crippen molar-refractivity contribution in [3.8, 4) is 0 Å². The summed E-state index contributed by atoms with van der Waals surface area (Å²) in [4.78, 5) is 28.7. The fourth-order valence-corrected chi connectivity index (χ4v) is 4.85. The topological polar surface area (TPSA) is 40.6 Å². The van der Waals surface area contributed by atoms with Crippen molar-refractivity contribution in [2.24, 2.45) is 17.3 Å². The van der Waals surface area contributed by atoms with Gasteiger partial charge < -0.3 is 9.80 Å². The molecule has 0 N–H and O–H groups in total. The Kier molecular flexibility index (Phi) is 10.6. The third kappa shape index (κ3) is 6.58. The van der Waals surface area contributed by atoms with Gasteiger partial charge in [0.1, 0.15) is 5.78 Å². The molecule has 2 heterocycles. The van der Waals surface area contributed by atoms with Gasteiger partial charge >= 0.3 is 0 Å². The summed E-state index contributed by atoms with van der Waals surface area (Å²) in [6, 6.07) is 0. The first-order valence-electron chi connectivity index (χ1n) is 11.5.